The fourth-order valence-corrected chi connectivity index (χ4v) is 2.28. The van der Waals surface area contributed by atoms with Crippen LogP contribution in [0.5, 0.6) is 5.75 Å². The van der Waals surface area contributed by atoms with Gasteiger partial charge in [-0.05, 0) is 43.3 Å². The van der Waals surface area contributed by atoms with Crippen LogP contribution in [0.2, 0.25) is 5.02 Å². The summed E-state index contributed by atoms with van der Waals surface area (Å²) in [6.45, 7) is 1.92. The lowest BCUT2D eigenvalue weighted by molar-refractivity contribution is 0.101. The first-order valence-corrected chi connectivity index (χ1v) is 7.04. The molecule has 0 aliphatic rings. The number of carbonyl (C=O) groups is 1. The van der Waals surface area contributed by atoms with E-state index in [4.69, 9.17) is 21.6 Å². The minimum atomic E-state index is -0.0483. The Hall–Kier alpha value is -2.51. The Balaban J connectivity index is 2.28. The molecule has 0 unspecified atom stereocenters. The quantitative estimate of drug-likeness (QED) is 0.846. The summed E-state index contributed by atoms with van der Waals surface area (Å²) in [5.41, 5.74) is 2.51. The Kier molecular flexibility index (Phi) is 5.03. The lowest BCUT2D eigenvalue weighted by Gasteiger charge is -2.12. The fourth-order valence-electron chi connectivity index (χ4n) is 2.08. The molecule has 0 saturated heterocycles. The number of ether oxygens (including phenoxy) is 1. The number of methoxy groups -OCH3 is 1. The topological polar surface area (TPSA) is 62.1 Å². The van der Waals surface area contributed by atoms with E-state index in [1.54, 1.807) is 43.5 Å². The second kappa shape index (κ2) is 6.97. The number of benzene rings is 2. The van der Waals surface area contributed by atoms with Crippen molar-refractivity contribution in [1.29, 1.82) is 5.26 Å². The third kappa shape index (κ3) is 3.57. The molecule has 0 aliphatic carbocycles. The van der Waals surface area contributed by atoms with E-state index in [0.29, 0.717) is 34.1 Å². The number of anilines is 1. The highest BCUT2D eigenvalue weighted by molar-refractivity contribution is 6.30. The third-order valence-electron chi connectivity index (χ3n) is 3.26. The average molecular weight is 315 g/mol. The molecule has 0 atom stereocenters. The van der Waals surface area contributed by atoms with Crippen molar-refractivity contribution < 1.29 is 9.53 Å². The van der Waals surface area contributed by atoms with Crippen LogP contribution in [0.3, 0.4) is 0 Å². The second-order valence-corrected chi connectivity index (χ2v) is 5.17. The van der Waals surface area contributed by atoms with E-state index in [2.05, 4.69) is 11.4 Å². The maximum atomic E-state index is 11.5. The number of nitriles is 1. The molecule has 0 heterocycles. The van der Waals surface area contributed by atoms with Gasteiger partial charge >= 0.3 is 0 Å². The maximum absolute atomic E-state index is 11.5. The Morgan fingerprint density at radius 3 is 2.73 bits per heavy atom. The van der Waals surface area contributed by atoms with Crippen LogP contribution >= 0.6 is 11.6 Å². The standard InChI is InChI=1S/C17H15ClN2O2/c1-11(21)12-3-4-13(9-19)16(8-12)20-10-14-7-15(18)5-6-17(14)22-2/h3-8,20H,10H2,1-2H3. The monoisotopic (exact) mass is 314 g/mol. The molecule has 0 aliphatic heterocycles. The van der Waals surface area contributed by atoms with E-state index < -0.39 is 0 Å². The highest BCUT2D eigenvalue weighted by atomic mass is 35.5. The largest absolute Gasteiger partial charge is 0.496 e. The summed E-state index contributed by atoms with van der Waals surface area (Å²) < 4.78 is 5.29. The van der Waals surface area contributed by atoms with Crippen molar-refractivity contribution >= 4 is 23.1 Å². The van der Waals surface area contributed by atoms with Crippen molar-refractivity contribution in [1.82, 2.24) is 0 Å². The van der Waals surface area contributed by atoms with Gasteiger partial charge in [-0.25, -0.2) is 0 Å². The molecular weight excluding hydrogens is 300 g/mol. The SMILES string of the molecule is COc1ccc(Cl)cc1CNc1cc(C(C)=O)ccc1C#N. The molecular formula is C17H15ClN2O2. The Morgan fingerprint density at radius 2 is 2.09 bits per heavy atom. The van der Waals surface area contributed by atoms with Crippen molar-refractivity contribution in [2.45, 2.75) is 13.5 Å². The van der Waals surface area contributed by atoms with Gasteiger partial charge in [0.15, 0.2) is 5.78 Å². The molecule has 1 N–H and O–H groups in total. The van der Waals surface area contributed by atoms with E-state index in [9.17, 15) is 4.79 Å². The number of carbonyl (C=O) groups excluding carboxylic acids is 1. The first-order valence-electron chi connectivity index (χ1n) is 6.66. The first-order chi connectivity index (χ1) is 10.5. The van der Waals surface area contributed by atoms with Gasteiger partial charge in [0.05, 0.1) is 18.4 Å². The predicted molar refractivity (Wildman–Crippen MR) is 86.5 cm³/mol. The summed E-state index contributed by atoms with van der Waals surface area (Å²) in [4.78, 5) is 11.5. The van der Waals surface area contributed by atoms with Crippen LogP contribution in [-0.2, 0) is 6.54 Å². The van der Waals surface area contributed by atoms with Crippen molar-refractivity contribution in [2.24, 2.45) is 0 Å². The van der Waals surface area contributed by atoms with E-state index in [1.165, 1.54) is 6.92 Å². The van der Waals surface area contributed by atoms with Gasteiger partial charge in [0, 0.05) is 22.7 Å². The van der Waals surface area contributed by atoms with Crippen LogP contribution in [0.4, 0.5) is 5.69 Å². The molecule has 22 heavy (non-hydrogen) atoms. The predicted octanol–water partition coefficient (Wildman–Crippen LogP) is 4.03. The Morgan fingerprint density at radius 1 is 1.32 bits per heavy atom. The fraction of sp³-hybridized carbons (Fsp3) is 0.176. The highest BCUT2D eigenvalue weighted by Gasteiger charge is 2.08. The minimum Gasteiger partial charge on any atom is -0.496 e. The third-order valence-corrected chi connectivity index (χ3v) is 3.49. The molecule has 4 nitrogen and oxygen atoms in total. The van der Waals surface area contributed by atoms with E-state index >= 15 is 0 Å². The molecule has 5 heteroatoms. The van der Waals surface area contributed by atoms with Crippen LogP contribution in [-0.4, -0.2) is 12.9 Å². The lowest BCUT2D eigenvalue weighted by Crippen LogP contribution is -2.04. The number of Topliss-reactive ketones (excluding diaryl/α,β-unsaturated/α-hetero) is 1. The zero-order valence-electron chi connectivity index (χ0n) is 12.3. The van der Waals surface area contributed by atoms with Crippen molar-refractivity contribution in [3.63, 3.8) is 0 Å². The lowest BCUT2D eigenvalue weighted by atomic mass is 10.1. The number of rotatable bonds is 5. The van der Waals surface area contributed by atoms with Gasteiger partial charge < -0.3 is 10.1 Å². The van der Waals surface area contributed by atoms with Gasteiger partial charge in [-0.15, -0.1) is 0 Å². The zero-order chi connectivity index (χ0) is 16.1. The first kappa shape index (κ1) is 15.9. The van der Waals surface area contributed by atoms with Crippen molar-refractivity contribution in [3.05, 3.63) is 58.1 Å². The number of nitrogens with one attached hydrogen (secondary N) is 1. The van der Waals surface area contributed by atoms with E-state index in [-0.39, 0.29) is 5.78 Å². The van der Waals surface area contributed by atoms with Crippen molar-refractivity contribution in [2.75, 3.05) is 12.4 Å². The van der Waals surface area contributed by atoms with Gasteiger partial charge in [-0.1, -0.05) is 11.6 Å². The molecule has 0 amide bonds. The van der Waals surface area contributed by atoms with Gasteiger partial charge in [0.25, 0.3) is 0 Å². The molecule has 0 bridgehead atoms. The zero-order valence-corrected chi connectivity index (χ0v) is 13.1. The Labute approximate surface area is 134 Å². The molecule has 0 saturated carbocycles. The molecule has 0 spiro atoms. The number of hydrogen-bond acceptors (Lipinski definition) is 4. The number of nitrogens with zero attached hydrogens (tertiary/aromatic N) is 1. The summed E-state index contributed by atoms with van der Waals surface area (Å²) >= 11 is 6.00. The average Bonchev–Trinajstić information content (AvgIpc) is 2.52. The van der Waals surface area contributed by atoms with E-state index in [0.717, 1.165) is 5.56 Å². The van der Waals surface area contributed by atoms with Crippen LogP contribution in [0.25, 0.3) is 0 Å². The summed E-state index contributed by atoms with van der Waals surface area (Å²) in [5.74, 6) is 0.658. The summed E-state index contributed by atoms with van der Waals surface area (Å²) in [7, 11) is 1.59. The summed E-state index contributed by atoms with van der Waals surface area (Å²) in [6.07, 6.45) is 0. The maximum Gasteiger partial charge on any atom is 0.159 e. The normalized spacial score (nSPS) is 9.91. The molecule has 112 valence electrons. The number of ketones is 1. The molecule has 2 rings (SSSR count). The van der Waals surface area contributed by atoms with Gasteiger partial charge in [-0.3, -0.25) is 4.79 Å². The molecule has 2 aromatic rings. The highest BCUT2D eigenvalue weighted by Crippen LogP contribution is 2.25. The van der Waals surface area contributed by atoms with Crippen LogP contribution < -0.4 is 10.1 Å². The summed E-state index contributed by atoms with van der Waals surface area (Å²) in [5, 5.41) is 12.9. The molecule has 0 radical (unpaired) electrons. The number of hydrogen-bond donors (Lipinski definition) is 1. The van der Waals surface area contributed by atoms with E-state index in [1.807, 2.05) is 0 Å². The molecule has 2 aromatic carbocycles. The van der Waals surface area contributed by atoms with Crippen LogP contribution in [0, 0.1) is 11.3 Å². The summed E-state index contributed by atoms with van der Waals surface area (Å²) in [6, 6.07) is 12.4. The smallest absolute Gasteiger partial charge is 0.159 e. The molecule has 0 fully saturated rings. The van der Waals surface area contributed by atoms with Crippen LogP contribution in [0.1, 0.15) is 28.4 Å². The number of halogens is 1. The van der Waals surface area contributed by atoms with Crippen molar-refractivity contribution in [3.8, 4) is 11.8 Å². The minimum absolute atomic E-state index is 0.0483. The van der Waals surface area contributed by atoms with Gasteiger partial charge in [0.1, 0.15) is 11.8 Å². The van der Waals surface area contributed by atoms with Gasteiger partial charge in [-0.2, -0.15) is 5.26 Å². The second-order valence-electron chi connectivity index (χ2n) is 4.74. The van der Waals surface area contributed by atoms with Crippen LogP contribution in [0.15, 0.2) is 36.4 Å². The van der Waals surface area contributed by atoms with Gasteiger partial charge in [0.2, 0.25) is 0 Å². The molecule has 0 aromatic heterocycles. The Bertz CT molecular complexity index is 751.